The molecule has 0 aliphatic carbocycles. The zero-order chi connectivity index (χ0) is 62.0. The number of thiophene rings is 4. The Hall–Kier alpha value is -3.68. The van der Waals surface area contributed by atoms with Crippen molar-refractivity contribution >= 4 is 104 Å². The van der Waals surface area contributed by atoms with E-state index in [1.165, 1.54) is 353 Å². The lowest BCUT2D eigenvalue weighted by molar-refractivity contribution is 0.198. The van der Waals surface area contributed by atoms with Crippen molar-refractivity contribution in [2.45, 2.75) is 323 Å². The minimum absolute atomic E-state index is 1.00. The van der Waals surface area contributed by atoms with Crippen molar-refractivity contribution in [2.75, 3.05) is 13.2 Å². The summed E-state index contributed by atoms with van der Waals surface area (Å²) in [7, 11) is 0. The van der Waals surface area contributed by atoms with E-state index in [1.54, 1.807) is 0 Å². The van der Waals surface area contributed by atoms with Gasteiger partial charge in [-0.15, -0.1) is 45.3 Å². The van der Waals surface area contributed by atoms with Crippen molar-refractivity contribution < 1.29 is 4.74 Å². The number of hydrogen-bond donors (Lipinski definition) is 0. The van der Waals surface area contributed by atoms with Gasteiger partial charge in [-0.3, -0.25) is 0 Å². The first-order valence-electron chi connectivity index (χ1n) is 37.4. The molecule has 1 saturated heterocycles. The molecule has 0 saturated carbocycles. The van der Waals surface area contributed by atoms with Crippen LogP contribution in [0.5, 0.6) is 0 Å². The van der Waals surface area contributed by atoms with Crippen LogP contribution in [-0.2, 0) is 17.6 Å². The monoisotopic (exact) mass is 1270 g/mol. The van der Waals surface area contributed by atoms with Gasteiger partial charge in [0.25, 0.3) is 0 Å². The summed E-state index contributed by atoms with van der Waals surface area (Å²) in [4.78, 5) is 0. The van der Waals surface area contributed by atoms with E-state index in [1.807, 2.05) is 45.3 Å². The maximum Gasteiger partial charge on any atom is 0.0542 e. The third kappa shape index (κ3) is 27.1. The fraction of sp³-hybridized carbons (Fsp3) is 0.619. The van der Waals surface area contributed by atoms with Crippen LogP contribution in [0, 0.1) is 23.7 Å². The Morgan fingerprint density at radius 2 is 0.551 bits per heavy atom. The quantitative estimate of drug-likeness (QED) is 0.0274. The molecule has 1 nitrogen and oxygen atoms in total. The van der Waals surface area contributed by atoms with Gasteiger partial charge in [0.15, 0.2) is 0 Å². The molecule has 486 valence electrons. The highest BCUT2D eigenvalue weighted by Crippen LogP contribution is 2.46. The highest BCUT2D eigenvalue weighted by Gasteiger charge is 2.15. The van der Waals surface area contributed by atoms with Gasteiger partial charge in [-0.25, -0.2) is 0 Å². The molecule has 0 atom stereocenters. The minimum Gasteiger partial charge on any atom is -0.381 e. The third-order valence-electron chi connectivity index (χ3n) is 18.5. The fourth-order valence-corrected chi connectivity index (χ4v) is 18.5. The van der Waals surface area contributed by atoms with Gasteiger partial charge >= 0.3 is 0 Å². The van der Waals surface area contributed by atoms with Crippen LogP contribution >= 0.6 is 45.3 Å². The first-order chi connectivity index (χ1) is 44.1. The average molecular weight is 1270 g/mol. The number of fused-ring (bicyclic) bond motifs is 10. The molecular formula is C84H120OS4. The van der Waals surface area contributed by atoms with E-state index in [0.29, 0.717) is 0 Å². The highest BCUT2D eigenvalue weighted by atomic mass is 32.1. The minimum atomic E-state index is 1.00. The third-order valence-corrected chi connectivity index (χ3v) is 23.5. The number of ether oxygens (including phenoxy) is 1. The molecule has 8 aromatic rings. The number of benzene rings is 4. The van der Waals surface area contributed by atoms with E-state index in [-0.39, 0.29) is 0 Å². The van der Waals surface area contributed by atoms with Crippen molar-refractivity contribution in [1.82, 2.24) is 0 Å². The lowest BCUT2D eigenvalue weighted by Crippen LogP contribution is -1.86. The lowest BCUT2D eigenvalue weighted by Gasteiger charge is -2.04. The Morgan fingerprint density at radius 1 is 0.292 bits per heavy atom. The second kappa shape index (κ2) is 45.6. The second-order valence-corrected chi connectivity index (χ2v) is 30.7. The molecular weight excluding hydrogens is 1150 g/mol. The normalized spacial score (nSPS) is 12.3. The first kappa shape index (κ1) is 72.7. The smallest absolute Gasteiger partial charge is 0.0542 e. The molecule has 0 bridgehead atoms. The molecule has 5 heteroatoms. The second-order valence-electron chi connectivity index (χ2n) is 26.5. The van der Waals surface area contributed by atoms with Crippen LogP contribution in [0.1, 0.15) is 332 Å². The van der Waals surface area contributed by atoms with Gasteiger partial charge < -0.3 is 4.74 Å². The van der Waals surface area contributed by atoms with E-state index < -0.39 is 0 Å². The molecule has 4 aromatic heterocycles. The SMILES string of the molecule is C1CCOC1.CCCCCCCCCCCC#Cc1ccc2c(c1)sc1c3ccc(C#CCCCCCCCCCCC)cc3sc21.CCCCCCCCCCCCCc1ccc2c(c1)sc1c3ccc(CCCCCCCCCCCCC)cc3sc21. The number of aryl methyl sites for hydroxylation is 2. The molecule has 0 radical (unpaired) electrons. The van der Waals surface area contributed by atoms with Crippen molar-refractivity contribution in [3.8, 4) is 23.7 Å². The average Bonchev–Trinajstić information content (AvgIpc) is 1.63. The van der Waals surface area contributed by atoms with E-state index in [0.717, 1.165) is 37.2 Å². The summed E-state index contributed by atoms with van der Waals surface area (Å²) < 4.78 is 16.5. The first-order valence-corrected chi connectivity index (χ1v) is 40.7. The lowest BCUT2D eigenvalue weighted by atomic mass is 10.0. The Labute approximate surface area is 560 Å². The molecule has 4 aromatic carbocycles. The van der Waals surface area contributed by atoms with Gasteiger partial charge in [0.2, 0.25) is 0 Å². The van der Waals surface area contributed by atoms with Crippen molar-refractivity contribution in [3.05, 3.63) is 95.1 Å². The van der Waals surface area contributed by atoms with Crippen LogP contribution in [0.3, 0.4) is 0 Å². The summed E-state index contributed by atoms with van der Waals surface area (Å²) in [6, 6.07) is 28.3. The van der Waals surface area contributed by atoms with Gasteiger partial charge in [0.05, 0.1) is 18.8 Å². The molecule has 1 aliphatic heterocycles. The Kier molecular flexibility index (Phi) is 37.3. The summed E-state index contributed by atoms with van der Waals surface area (Å²) in [5.41, 5.74) is 5.37. The van der Waals surface area contributed by atoms with Crippen LogP contribution in [0.15, 0.2) is 72.8 Å². The zero-order valence-corrected chi connectivity index (χ0v) is 60.2. The predicted molar refractivity (Wildman–Crippen MR) is 407 cm³/mol. The molecule has 89 heavy (non-hydrogen) atoms. The molecule has 0 amide bonds. The Bertz CT molecular complexity index is 3050. The number of unbranched alkanes of at least 4 members (excludes halogenated alkanes) is 38. The van der Waals surface area contributed by atoms with Crippen LogP contribution < -0.4 is 0 Å². The largest absolute Gasteiger partial charge is 0.381 e. The van der Waals surface area contributed by atoms with Gasteiger partial charge in [-0.1, -0.05) is 319 Å². The summed E-state index contributed by atoms with van der Waals surface area (Å²) in [5, 5.41) is 5.70. The van der Waals surface area contributed by atoms with Crippen molar-refractivity contribution in [1.29, 1.82) is 0 Å². The standard InChI is InChI=1S/C40H60S2.C40H52S2.C4H8O/c2*1-3-5-7-9-11-13-15-17-19-21-23-25-33-27-29-35-37(31-33)41-40-36-30-28-34(32-38(36)42-39(35)40)26-24-22-20-18-16-14-12-10-8-6-4-2;1-2-4-5-3-1/h27-32H,3-26H2,1-2H3;27-32H,3-22H2,1-2H3;1-4H2. The molecule has 0 spiro atoms. The van der Waals surface area contributed by atoms with Crippen LogP contribution in [0.4, 0.5) is 0 Å². The van der Waals surface area contributed by atoms with Gasteiger partial charge in [-0.05, 0) is 98.9 Å². The van der Waals surface area contributed by atoms with Gasteiger partial charge in [-0.2, -0.15) is 0 Å². The van der Waals surface area contributed by atoms with Crippen LogP contribution in [0.2, 0.25) is 0 Å². The highest BCUT2D eigenvalue weighted by molar-refractivity contribution is 7.37. The number of rotatable bonds is 42. The van der Waals surface area contributed by atoms with Crippen molar-refractivity contribution in [3.63, 3.8) is 0 Å². The summed E-state index contributed by atoms with van der Waals surface area (Å²) >= 11 is 7.89. The summed E-state index contributed by atoms with van der Waals surface area (Å²) in [6.07, 6.45) is 62.9. The molecule has 0 unspecified atom stereocenters. The fourth-order valence-electron chi connectivity index (χ4n) is 12.9. The Balaban J connectivity index is 0.000000234. The van der Waals surface area contributed by atoms with E-state index in [4.69, 9.17) is 4.74 Å². The maximum absolute atomic E-state index is 4.94. The summed E-state index contributed by atoms with van der Waals surface area (Å²) in [6.45, 7) is 11.2. The predicted octanol–water partition coefficient (Wildman–Crippen LogP) is 29.6. The Morgan fingerprint density at radius 3 is 0.831 bits per heavy atom. The molecule has 5 heterocycles. The topological polar surface area (TPSA) is 9.23 Å². The van der Waals surface area contributed by atoms with Crippen LogP contribution in [-0.4, -0.2) is 13.2 Å². The van der Waals surface area contributed by atoms with E-state index >= 15 is 0 Å². The maximum atomic E-state index is 4.94. The molecule has 1 aliphatic rings. The molecule has 1 fully saturated rings. The van der Waals surface area contributed by atoms with Crippen LogP contribution in [0.25, 0.3) is 59.1 Å². The summed E-state index contributed by atoms with van der Waals surface area (Å²) in [5.74, 6) is 13.7. The molecule has 0 N–H and O–H groups in total. The zero-order valence-electron chi connectivity index (χ0n) is 56.9. The van der Waals surface area contributed by atoms with E-state index in [2.05, 4.69) is 124 Å². The number of hydrogen-bond acceptors (Lipinski definition) is 5. The van der Waals surface area contributed by atoms with Gasteiger partial charge in [0.1, 0.15) is 0 Å². The van der Waals surface area contributed by atoms with E-state index in [9.17, 15) is 0 Å². The molecule has 9 rings (SSSR count). The van der Waals surface area contributed by atoms with Gasteiger partial charge in [0, 0.05) is 77.5 Å². The van der Waals surface area contributed by atoms with Crippen molar-refractivity contribution in [2.24, 2.45) is 0 Å².